The Morgan fingerprint density at radius 1 is 1.24 bits per heavy atom. The van der Waals surface area contributed by atoms with Gasteiger partial charge in [-0.15, -0.1) is 0 Å². The summed E-state index contributed by atoms with van der Waals surface area (Å²) < 4.78 is 13.0. The van der Waals surface area contributed by atoms with Gasteiger partial charge in [0.1, 0.15) is 17.5 Å². The fourth-order valence-corrected chi connectivity index (χ4v) is 2.43. The van der Waals surface area contributed by atoms with Crippen LogP contribution in [0.3, 0.4) is 0 Å². The van der Waals surface area contributed by atoms with Crippen LogP contribution in [-0.2, 0) is 6.42 Å². The molecule has 106 valence electrons. The highest BCUT2D eigenvalue weighted by Crippen LogP contribution is 2.32. The zero-order chi connectivity index (χ0) is 15.0. The topological polar surface area (TPSA) is 29.0 Å². The molecule has 1 aliphatic rings. The number of anilines is 1. The van der Waals surface area contributed by atoms with Crippen molar-refractivity contribution >= 4 is 11.9 Å². The van der Waals surface area contributed by atoms with Crippen LogP contribution in [0.15, 0.2) is 48.3 Å². The molecule has 0 saturated carbocycles. The highest BCUT2D eigenvalue weighted by atomic mass is 19.1. The van der Waals surface area contributed by atoms with Crippen molar-refractivity contribution in [2.45, 2.75) is 13.3 Å². The van der Waals surface area contributed by atoms with Crippen molar-refractivity contribution in [3.63, 3.8) is 0 Å². The highest BCUT2D eigenvalue weighted by Gasteiger charge is 2.20. The molecule has 0 bridgehead atoms. The number of nitrogens with zero attached hydrogens (tertiary/aromatic N) is 3. The fraction of sp³-hybridized carbons (Fsp3) is 0.176. The molecule has 0 fully saturated rings. The second kappa shape index (κ2) is 5.13. The van der Waals surface area contributed by atoms with Crippen molar-refractivity contribution < 1.29 is 4.39 Å². The van der Waals surface area contributed by atoms with Crippen LogP contribution in [0.25, 0.3) is 6.08 Å². The van der Waals surface area contributed by atoms with Crippen molar-refractivity contribution in [1.82, 2.24) is 9.97 Å². The third-order valence-electron chi connectivity index (χ3n) is 3.65. The van der Waals surface area contributed by atoms with Crippen molar-refractivity contribution in [3.05, 3.63) is 71.1 Å². The number of benzene rings is 1. The first-order chi connectivity index (χ1) is 10.0. The van der Waals surface area contributed by atoms with Crippen LogP contribution in [0.4, 0.5) is 10.2 Å². The van der Waals surface area contributed by atoms with Crippen LogP contribution in [-0.4, -0.2) is 17.0 Å². The number of fused-ring (bicyclic) bond motifs is 1. The first kappa shape index (κ1) is 13.5. The average molecular weight is 281 g/mol. The van der Waals surface area contributed by atoms with Gasteiger partial charge in [0.2, 0.25) is 0 Å². The van der Waals surface area contributed by atoms with E-state index in [1.807, 2.05) is 25.1 Å². The van der Waals surface area contributed by atoms with E-state index >= 15 is 0 Å². The summed E-state index contributed by atoms with van der Waals surface area (Å²) in [5, 5.41) is 0. The summed E-state index contributed by atoms with van der Waals surface area (Å²) in [5.74, 6) is 1.39. The van der Waals surface area contributed by atoms with E-state index in [2.05, 4.69) is 22.6 Å². The molecule has 3 rings (SSSR count). The number of halogens is 1. The maximum Gasteiger partial charge on any atom is 0.143 e. The zero-order valence-electron chi connectivity index (χ0n) is 12.1. The Hall–Kier alpha value is -2.49. The summed E-state index contributed by atoms with van der Waals surface area (Å²) >= 11 is 0. The largest absolute Gasteiger partial charge is 0.329 e. The Morgan fingerprint density at radius 3 is 2.67 bits per heavy atom. The van der Waals surface area contributed by atoms with Gasteiger partial charge < -0.3 is 4.90 Å². The molecule has 2 aromatic rings. The molecule has 21 heavy (non-hydrogen) atoms. The third-order valence-corrected chi connectivity index (χ3v) is 3.65. The lowest BCUT2D eigenvalue weighted by Gasteiger charge is -2.28. The van der Waals surface area contributed by atoms with Gasteiger partial charge in [-0.1, -0.05) is 18.7 Å². The number of likely N-dealkylation sites (N-methyl/N-ethyl adjacent to an activating group) is 1. The van der Waals surface area contributed by atoms with E-state index in [4.69, 9.17) is 0 Å². The smallest absolute Gasteiger partial charge is 0.143 e. The number of allylic oxidation sites excluding steroid dienone is 1. The molecule has 0 unspecified atom stereocenters. The molecule has 4 heteroatoms. The van der Waals surface area contributed by atoms with E-state index in [1.54, 1.807) is 12.1 Å². The van der Waals surface area contributed by atoms with Crippen molar-refractivity contribution in [3.8, 4) is 0 Å². The molecule has 0 aliphatic carbocycles. The lowest BCUT2D eigenvalue weighted by Crippen LogP contribution is -2.23. The van der Waals surface area contributed by atoms with E-state index < -0.39 is 0 Å². The predicted octanol–water partition coefficient (Wildman–Crippen LogP) is 3.51. The monoisotopic (exact) mass is 281 g/mol. The van der Waals surface area contributed by atoms with Crippen molar-refractivity contribution in [1.29, 1.82) is 0 Å². The minimum Gasteiger partial charge on any atom is -0.329 e. The van der Waals surface area contributed by atoms with E-state index in [9.17, 15) is 4.39 Å². The second-order valence-electron chi connectivity index (χ2n) is 5.17. The Labute approximate surface area is 123 Å². The van der Waals surface area contributed by atoms with Gasteiger partial charge in [0.25, 0.3) is 0 Å². The maximum atomic E-state index is 13.0. The van der Waals surface area contributed by atoms with Crippen molar-refractivity contribution in [2.24, 2.45) is 0 Å². The zero-order valence-corrected chi connectivity index (χ0v) is 12.1. The van der Waals surface area contributed by atoms with Gasteiger partial charge in [0.05, 0.1) is 0 Å². The normalized spacial score (nSPS) is 14.0. The molecule has 1 aromatic carbocycles. The first-order valence-electron chi connectivity index (χ1n) is 6.76. The minimum atomic E-state index is -0.221. The molecular formula is C17H16FN3. The van der Waals surface area contributed by atoms with Crippen LogP contribution in [0.5, 0.6) is 0 Å². The van der Waals surface area contributed by atoms with Crippen LogP contribution >= 0.6 is 0 Å². The minimum absolute atomic E-state index is 0.221. The van der Waals surface area contributed by atoms with Gasteiger partial charge in [-0.25, -0.2) is 14.4 Å². The number of aromatic nitrogens is 2. The van der Waals surface area contributed by atoms with Gasteiger partial charge in [0.15, 0.2) is 0 Å². The molecule has 0 radical (unpaired) electrons. The van der Waals surface area contributed by atoms with Gasteiger partial charge in [-0.05, 0) is 42.7 Å². The SMILES string of the molecule is C=C1C(Cc2ccc(F)cc2)=Cc2cnc(C)nc2N1C. The molecule has 1 aliphatic heterocycles. The molecule has 0 amide bonds. The standard InChI is InChI=1S/C17H16FN3/c1-11-14(8-13-4-6-16(18)7-5-13)9-15-10-19-12(2)20-17(15)21(11)3/h4-7,9-10H,1,8H2,2-3H3. The summed E-state index contributed by atoms with van der Waals surface area (Å²) in [6.45, 7) is 6.01. The Morgan fingerprint density at radius 2 is 1.95 bits per heavy atom. The van der Waals surface area contributed by atoms with Gasteiger partial charge in [0, 0.05) is 24.5 Å². The number of hydrogen-bond acceptors (Lipinski definition) is 3. The number of hydrogen-bond donors (Lipinski definition) is 0. The molecule has 0 N–H and O–H groups in total. The Bertz CT molecular complexity index is 732. The molecule has 1 aromatic heterocycles. The summed E-state index contributed by atoms with van der Waals surface area (Å²) in [6.07, 6.45) is 4.59. The van der Waals surface area contributed by atoms with E-state index in [-0.39, 0.29) is 5.82 Å². The maximum absolute atomic E-state index is 13.0. The molecule has 0 spiro atoms. The van der Waals surface area contributed by atoms with Gasteiger partial charge >= 0.3 is 0 Å². The Kier molecular flexibility index (Phi) is 3.29. The van der Waals surface area contributed by atoms with E-state index in [0.29, 0.717) is 6.42 Å². The summed E-state index contributed by atoms with van der Waals surface area (Å²) in [4.78, 5) is 10.7. The first-order valence-corrected chi connectivity index (χ1v) is 6.76. The van der Waals surface area contributed by atoms with Crippen LogP contribution in [0.1, 0.15) is 17.0 Å². The van der Waals surface area contributed by atoms with Gasteiger partial charge in [-0.3, -0.25) is 0 Å². The second-order valence-corrected chi connectivity index (χ2v) is 5.17. The molecule has 0 saturated heterocycles. The summed E-state index contributed by atoms with van der Waals surface area (Å²) in [6, 6.07) is 6.55. The predicted molar refractivity (Wildman–Crippen MR) is 82.4 cm³/mol. The van der Waals surface area contributed by atoms with Crippen LogP contribution < -0.4 is 4.90 Å². The number of aryl methyl sites for hydroxylation is 1. The van der Waals surface area contributed by atoms with Crippen molar-refractivity contribution in [2.75, 3.05) is 11.9 Å². The lowest BCUT2D eigenvalue weighted by molar-refractivity contribution is 0.627. The molecular weight excluding hydrogens is 265 g/mol. The van der Waals surface area contributed by atoms with Crippen LogP contribution in [0, 0.1) is 12.7 Å². The average Bonchev–Trinajstić information content (AvgIpc) is 2.47. The Balaban J connectivity index is 1.97. The molecule has 0 atom stereocenters. The highest BCUT2D eigenvalue weighted by molar-refractivity contribution is 5.76. The van der Waals surface area contributed by atoms with E-state index in [1.165, 1.54) is 12.1 Å². The quantitative estimate of drug-likeness (QED) is 0.843. The summed E-state index contributed by atoms with van der Waals surface area (Å²) in [7, 11) is 1.95. The van der Waals surface area contributed by atoms with Gasteiger partial charge in [-0.2, -0.15) is 0 Å². The fourth-order valence-electron chi connectivity index (χ4n) is 2.43. The van der Waals surface area contributed by atoms with E-state index in [0.717, 1.165) is 34.0 Å². The van der Waals surface area contributed by atoms with Crippen LogP contribution in [0.2, 0.25) is 0 Å². The third kappa shape index (κ3) is 2.57. The molecule has 3 nitrogen and oxygen atoms in total. The summed E-state index contributed by atoms with van der Waals surface area (Å²) in [5.41, 5.74) is 4.02. The molecule has 2 heterocycles. The number of rotatable bonds is 2. The lowest BCUT2D eigenvalue weighted by atomic mass is 9.97.